The van der Waals surface area contributed by atoms with Crippen LogP contribution in [0.15, 0.2) is 6.33 Å². The topological polar surface area (TPSA) is 105 Å². The van der Waals surface area contributed by atoms with Crippen molar-refractivity contribution in [1.82, 2.24) is 39.7 Å². The Kier molecular flexibility index (Phi) is 4.14. The second kappa shape index (κ2) is 6.47. The third kappa shape index (κ3) is 2.83. The summed E-state index contributed by atoms with van der Waals surface area (Å²) >= 11 is 0. The van der Waals surface area contributed by atoms with Gasteiger partial charge in [-0.2, -0.15) is 15.2 Å². The number of nitrogens with zero attached hydrogens (tertiary/aromatic N) is 7. The lowest BCUT2D eigenvalue weighted by Gasteiger charge is -2.23. The molecule has 0 radical (unpaired) electrons. The van der Waals surface area contributed by atoms with Crippen LogP contribution >= 0.6 is 0 Å². The molecule has 1 saturated heterocycles. The lowest BCUT2D eigenvalue weighted by atomic mass is 10.1. The number of hydrogen-bond acceptors (Lipinski definition) is 6. The summed E-state index contributed by atoms with van der Waals surface area (Å²) in [6.07, 6.45) is 4.46. The van der Waals surface area contributed by atoms with Crippen LogP contribution in [0.5, 0.6) is 0 Å². The molecule has 4 heterocycles. The molecule has 1 aliphatic rings. The van der Waals surface area contributed by atoms with Crippen LogP contribution in [0.25, 0.3) is 5.78 Å². The largest absolute Gasteiger partial charge is 0.332 e. The van der Waals surface area contributed by atoms with Gasteiger partial charge in [0, 0.05) is 24.4 Å². The third-order valence-corrected chi connectivity index (χ3v) is 5.06. The fourth-order valence-corrected chi connectivity index (χ4v) is 3.74. The van der Waals surface area contributed by atoms with Gasteiger partial charge in [-0.1, -0.05) is 0 Å². The molecule has 26 heavy (non-hydrogen) atoms. The maximum Gasteiger partial charge on any atom is 0.252 e. The molecule has 136 valence electrons. The van der Waals surface area contributed by atoms with Gasteiger partial charge in [-0.25, -0.2) is 14.5 Å². The van der Waals surface area contributed by atoms with Crippen LogP contribution in [0.4, 0.5) is 0 Å². The summed E-state index contributed by atoms with van der Waals surface area (Å²) < 4.78 is 1.72. The number of carbonyl (C=O) groups is 1. The summed E-state index contributed by atoms with van der Waals surface area (Å²) in [6.45, 7) is 6.58. The van der Waals surface area contributed by atoms with Crippen molar-refractivity contribution in [2.45, 2.75) is 52.5 Å². The van der Waals surface area contributed by atoms with Gasteiger partial charge in [0.15, 0.2) is 5.82 Å². The first-order valence-corrected chi connectivity index (χ1v) is 8.89. The average Bonchev–Trinajstić information content (AvgIpc) is 3.33. The van der Waals surface area contributed by atoms with Gasteiger partial charge in [-0.15, -0.1) is 0 Å². The molecule has 0 unspecified atom stereocenters. The number of fused-ring (bicyclic) bond motifs is 1. The maximum atomic E-state index is 12.9. The van der Waals surface area contributed by atoms with Crippen LogP contribution in [0.1, 0.15) is 53.9 Å². The molecule has 1 amide bonds. The van der Waals surface area contributed by atoms with Gasteiger partial charge < -0.3 is 4.90 Å². The van der Waals surface area contributed by atoms with Gasteiger partial charge in [0.25, 0.3) is 5.78 Å². The minimum Gasteiger partial charge on any atom is -0.332 e. The summed E-state index contributed by atoms with van der Waals surface area (Å²) in [6, 6.07) is -0.0226. The Balaban J connectivity index is 1.50. The monoisotopic (exact) mass is 354 g/mol. The number of hydrogen-bond donors (Lipinski definition) is 1. The SMILES string of the molecule is Cc1nc([C@H]2CCCN2C(=O)CCc2c(C)nc3ncnn3c2C)n[nH]1. The molecule has 4 rings (SSSR count). The van der Waals surface area contributed by atoms with Crippen LogP contribution in [0.2, 0.25) is 0 Å². The van der Waals surface area contributed by atoms with Crippen LogP contribution < -0.4 is 0 Å². The zero-order valence-corrected chi connectivity index (χ0v) is 15.2. The van der Waals surface area contributed by atoms with Crippen LogP contribution in [-0.2, 0) is 11.2 Å². The van der Waals surface area contributed by atoms with Gasteiger partial charge in [-0.3, -0.25) is 9.89 Å². The molecule has 3 aromatic rings. The zero-order valence-electron chi connectivity index (χ0n) is 15.2. The number of likely N-dealkylation sites (tertiary alicyclic amines) is 1. The highest BCUT2D eigenvalue weighted by atomic mass is 16.2. The molecule has 1 aliphatic heterocycles. The van der Waals surface area contributed by atoms with Crippen molar-refractivity contribution in [3.05, 3.63) is 34.9 Å². The number of H-pyrrole nitrogens is 1. The zero-order chi connectivity index (χ0) is 18.3. The number of nitrogens with one attached hydrogen (secondary N) is 1. The molecule has 9 nitrogen and oxygen atoms in total. The Labute approximate surface area is 150 Å². The molecule has 9 heteroatoms. The van der Waals surface area contributed by atoms with E-state index in [4.69, 9.17) is 0 Å². The summed E-state index contributed by atoms with van der Waals surface area (Å²) in [5, 5.41) is 11.3. The number of amides is 1. The molecule has 1 N–H and O–H groups in total. The second-order valence-electron chi connectivity index (χ2n) is 6.76. The number of rotatable bonds is 4. The van der Waals surface area contributed by atoms with E-state index in [1.54, 1.807) is 4.52 Å². The molecule has 1 atom stereocenters. The quantitative estimate of drug-likeness (QED) is 0.760. The van der Waals surface area contributed by atoms with Crippen molar-refractivity contribution in [1.29, 1.82) is 0 Å². The number of carbonyl (C=O) groups excluding carboxylic acids is 1. The number of aromatic amines is 1. The smallest absolute Gasteiger partial charge is 0.252 e. The van der Waals surface area contributed by atoms with E-state index in [0.29, 0.717) is 24.4 Å². The number of aromatic nitrogens is 7. The highest BCUT2D eigenvalue weighted by Crippen LogP contribution is 2.30. The maximum absolute atomic E-state index is 12.9. The predicted molar refractivity (Wildman–Crippen MR) is 93.4 cm³/mol. The molecule has 0 bridgehead atoms. The first-order chi connectivity index (χ1) is 12.5. The summed E-state index contributed by atoms with van der Waals surface area (Å²) in [5.74, 6) is 2.21. The molecular weight excluding hydrogens is 332 g/mol. The van der Waals surface area contributed by atoms with E-state index < -0.39 is 0 Å². The molecular formula is C17H22N8O. The van der Waals surface area contributed by atoms with Gasteiger partial charge in [0.2, 0.25) is 5.91 Å². The van der Waals surface area contributed by atoms with Gasteiger partial charge in [0.1, 0.15) is 12.2 Å². The van der Waals surface area contributed by atoms with Crippen molar-refractivity contribution >= 4 is 11.7 Å². The van der Waals surface area contributed by atoms with E-state index in [1.807, 2.05) is 25.7 Å². The van der Waals surface area contributed by atoms with Crippen molar-refractivity contribution < 1.29 is 4.79 Å². The Hall–Kier alpha value is -2.84. The van der Waals surface area contributed by atoms with Crippen LogP contribution in [0, 0.1) is 20.8 Å². The Morgan fingerprint density at radius 1 is 1.31 bits per heavy atom. The Bertz CT molecular complexity index is 959. The van der Waals surface area contributed by atoms with Crippen molar-refractivity contribution in [2.75, 3.05) is 6.54 Å². The first-order valence-electron chi connectivity index (χ1n) is 8.89. The van der Waals surface area contributed by atoms with E-state index in [-0.39, 0.29) is 11.9 Å². The van der Waals surface area contributed by atoms with Crippen LogP contribution in [-0.4, -0.2) is 52.1 Å². The van der Waals surface area contributed by atoms with Crippen molar-refractivity contribution in [3.63, 3.8) is 0 Å². The molecule has 0 saturated carbocycles. The molecule has 0 aliphatic carbocycles. The number of aryl methyl sites for hydroxylation is 3. The van der Waals surface area contributed by atoms with Gasteiger partial charge in [-0.05, 0) is 45.6 Å². The molecule has 3 aromatic heterocycles. The standard InChI is InChI=1S/C17H22N8O/c1-10-13(11(2)25-17(20-10)18-9-19-25)6-7-15(26)24-8-4-5-14(24)16-21-12(3)22-23-16/h9,14H,4-8H2,1-3H3,(H,21,22,23)/t14-/m1/s1. The third-order valence-electron chi connectivity index (χ3n) is 5.06. The van der Waals surface area contributed by atoms with Crippen molar-refractivity contribution in [2.24, 2.45) is 0 Å². The predicted octanol–water partition coefficient (Wildman–Crippen LogP) is 1.46. The molecule has 0 aromatic carbocycles. The first kappa shape index (κ1) is 16.6. The van der Waals surface area contributed by atoms with E-state index in [9.17, 15) is 4.79 Å². The normalized spacial score (nSPS) is 17.3. The van der Waals surface area contributed by atoms with E-state index in [2.05, 4.69) is 30.2 Å². The fraction of sp³-hybridized carbons (Fsp3) is 0.529. The van der Waals surface area contributed by atoms with E-state index in [1.165, 1.54) is 6.33 Å². The molecule has 0 spiro atoms. The summed E-state index contributed by atoms with van der Waals surface area (Å²) in [7, 11) is 0. The minimum atomic E-state index is -0.0226. The Morgan fingerprint density at radius 3 is 2.92 bits per heavy atom. The lowest BCUT2D eigenvalue weighted by Crippen LogP contribution is -2.31. The summed E-state index contributed by atoms with van der Waals surface area (Å²) in [5.41, 5.74) is 2.94. The second-order valence-corrected chi connectivity index (χ2v) is 6.76. The van der Waals surface area contributed by atoms with E-state index in [0.717, 1.165) is 42.2 Å². The van der Waals surface area contributed by atoms with E-state index >= 15 is 0 Å². The van der Waals surface area contributed by atoms with Crippen LogP contribution in [0.3, 0.4) is 0 Å². The van der Waals surface area contributed by atoms with Gasteiger partial charge in [0.05, 0.1) is 6.04 Å². The average molecular weight is 354 g/mol. The minimum absolute atomic E-state index is 0.0226. The van der Waals surface area contributed by atoms with Crippen molar-refractivity contribution in [3.8, 4) is 0 Å². The molecule has 1 fully saturated rings. The highest BCUT2D eigenvalue weighted by Gasteiger charge is 2.32. The lowest BCUT2D eigenvalue weighted by molar-refractivity contribution is -0.132. The van der Waals surface area contributed by atoms with Gasteiger partial charge >= 0.3 is 0 Å². The highest BCUT2D eigenvalue weighted by molar-refractivity contribution is 5.77. The summed E-state index contributed by atoms with van der Waals surface area (Å²) in [4.78, 5) is 27.8. The Morgan fingerprint density at radius 2 is 2.15 bits per heavy atom. The fourth-order valence-electron chi connectivity index (χ4n) is 3.74.